The fourth-order valence-electron chi connectivity index (χ4n) is 3.29. The van der Waals surface area contributed by atoms with E-state index in [4.69, 9.17) is 0 Å². The third-order valence-electron chi connectivity index (χ3n) is 4.93. The Morgan fingerprint density at radius 1 is 1.31 bits per heavy atom. The van der Waals surface area contributed by atoms with Crippen molar-refractivity contribution in [2.45, 2.75) is 39.7 Å². The third-order valence-corrected chi connectivity index (χ3v) is 4.93. The predicted octanol–water partition coefficient (Wildman–Crippen LogP) is 3.29. The quantitative estimate of drug-likeness (QED) is 0.828. The minimum Gasteiger partial charge on any atom is -0.370 e. The highest BCUT2D eigenvalue weighted by atomic mass is 16.2. The Kier molecular flexibility index (Phi) is 6.26. The maximum atomic E-state index is 12.7. The Hall–Kier alpha value is -2.37. The molecule has 2 aromatic rings. The van der Waals surface area contributed by atoms with Crippen molar-refractivity contribution in [2.75, 3.05) is 25.0 Å². The summed E-state index contributed by atoms with van der Waals surface area (Å²) in [5, 5.41) is 7.53. The Morgan fingerprint density at radius 3 is 2.73 bits per heavy atom. The van der Waals surface area contributed by atoms with Crippen molar-refractivity contribution in [1.29, 1.82) is 0 Å². The summed E-state index contributed by atoms with van der Waals surface area (Å²) in [6.45, 7) is 7.81. The molecule has 0 aliphatic carbocycles. The number of nitrogens with one attached hydrogen (secondary N) is 1. The number of carbonyl (C=O) groups is 1. The van der Waals surface area contributed by atoms with Crippen LogP contribution in [0.25, 0.3) is 0 Å². The molecule has 1 N–H and O–H groups in total. The first-order valence-corrected chi connectivity index (χ1v) is 9.58. The number of anilines is 1. The van der Waals surface area contributed by atoms with Crippen molar-refractivity contribution in [3.05, 3.63) is 42.4 Å². The molecule has 0 aromatic carbocycles. The van der Waals surface area contributed by atoms with Gasteiger partial charge in [0.15, 0.2) is 0 Å². The molecule has 26 heavy (non-hydrogen) atoms. The fraction of sp³-hybridized carbons (Fsp3) is 0.550. The van der Waals surface area contributed by atoms with Crippen molar-refractivity contribution < 1.29 is 4.79 Å². The molecule has 0 radical (unpaired) electrons. The zero-order valence-electron chi connectivity index (χ0n) is 15.8. The van der Waals surface area contributed by atoms with Gasteiger partial charge in [0, 0.05) is 44.8 Å². The molecule has 1 aliphatic rings. The lowest BCUT2D eigenvalue weighted by Crippen LogP contribution is -2.38. The van der Waals surface area contributed by atoms with Crippen LogP contribution in [0.2, 0.25) is 0 Å². The van der Waals surface area contributed by atoms with E-state index in [-0.39, 0.29) is 5.91 Å². The van der Waals surface area contributed by atoms with E-state index in [9.17, 15) is 4.79 Å². The average Bonchev–Trinajstić information content (AvgIpc) is 3.18. The van der Waals surface area contributed by atoms with Crippen LogP contribution in [0.3, 0.4) is 0 Å². The number of aryl methyl sites for hydroxylation is 1. The molecule has 0 saturated carbocycles. The Morgan fingerprint density at radius 2 is 2.12 bits per heavy atom. The van der Waals surface area contributed by atoms with Crippen LogP contribution in [0.5, 0.6) is 0 Å². The second-order valence-electron chi connectivity index (χ2n) is 7.50. The maximum absolute atomic E-state index is 12.7. The van der Waals surface area contributed by atoms with Gasteiger partial charge in [0.25, 0.3) is 5.91 Å². The van der Waals surface area contributed by atoms with E-state index in [1.165, 1.54) is 0 Å². The van der Waals surface area contributed by atoms with E-state index < -0.39 is 0 Å². The molecule has 3 rings (SSSR count). The van der Waals surface area contributed by atoms with Crippen molar-refractivity contribution >= 4 is 11.7 Å². The summed E-state index contributed by atoms with van der Waals surface area (Å²) in [5.41, 5.74) is 0.676. The number of likely N-dealkylation sites (tertiary alicyclic amines) is 1. The van der Waals surface area contributed by atoms with Gasteiger partial charge in [-0.25, -0.2) is 4.98 Å². The van der Waals surface area contributed by atoms with Crippen LogP contribution in [0.1, 0.15) is 43.5 Å². The topological polar surface area (TPSA) is 63.1 Å². The standard InChI is InChI=1S/C20H29N5O/c1-16(2)14-21-19-5-4-18(15-22-19)20(26)24-11-6-17(7-12-24)8-13-25-10-3-9-23-25/h3-5,9-10,15-17H,6-8,11-14H2,1-2H3,(H,21,22). The average molecular weight is 355 g/mol. The highest BCUT2D eigenvalue weighted by molar-refractivity contribution is 5.94. The number of amides is 1. The number of carbonyl (C=O) groups excluding carboxylic acids is 1. The van der Waals surface area contributed by atoms with Crippen molar-refractivity contribution in [3.8, 4) is 0 Å². The molecule has 1 aliphatic heterocycles. The molecule has 6 heteroatoms. The first-order valence-electron chi connectivity index (χ1n) is 9.58. The highest BCUT2D eigenvalue weighted by Crippen LogP contribution is 2.22. The van der Waals surface area contributed by atoms with E-state index in [1.807, 2.05) is 40.2 Å². The smallest absolute Gasteiger partial charge is 0.255 e. The minimum absolute atomic E-state index is 0.0958. The van der Waals surface area contributed by atoms with Crippen LogP contribution in [0.15, 0.2) is 36.8 Å². The first-order chi connectivity index (χ1) is 12.6. The number of nitrogens with zero attached hydrogens (tertiary/aromatic N) is 4. The zero-order valence-corrected chi connectivity index (χ0v) is 15.8. The molecule has 6 nitrogen and oxygen atoms in total. The van der Waals surface area contributed by atoms with Gasteiger partial charge in [-0.2, -0.15) is 5.10 Å². The number of hydrogen-bond donors (Lipinski definition) is 1. The van der Waals surface area contributed by atoms with Gasteiger partial charge < -0.3 is 10.2 Å². The molecule has 0 spiro atoms. The molecule has 0 atom stereocenters. The van der Waals surface area contributed by atoms with Gasteiger partial charge in [0.05, 0.1) is 5.56 Å². The highest BCUT2D eigenvalue weighted by Gasteiger charge is 2.23. The molecular formula is C20H29N5O. The third kappa shape index (κ3) is 5.07. The van der Waals surface area contributed by atoms with Gasteiger partial charge in [-0.05, 0) is 49.3 Å². The second kappa shape index (κ2) is 8.83. The Balaban J connectivity index is 1.45. The normalized spacial score (nSPS) is 15.4. The van der Waals surface area contributed by atoms with E-state index in [0.29, 0.717) is 17.4 Å². The number of rotatable bonds is 7. The number of piperidine rings is 1. The summed E-state index contributed by atoms with van der Waals surface area (Å²) in [6.07, 6.45) is 8.77. The van der Waals surface area contributed by atoms with Crippen LogP contribution >= 0.6 is 0 Å². The number of pyridine rings is 1. The molecule has 1 fully saturated rings. The maximum Gasteiger partial charge on any atom is 0.255 e. The zero-order chi connectivity index (χ0) is 18.4. The monoisotopic (exact) mass is 355 g/mol. The van der Waals surface area contributed by atoms with E-state index in [0.717, 1.165) is 51.3 Å². The minimum atomic E-state index is 0.0958. The molecule has 140 valence electrons. The summed E-state index contributed by atoms with van der Waals surface area (Å²) in [6, 6.07) is 5.73. The lowest BCUT2D eigenvalue weighted by molar-refractivity contribution is 0.0684. The van der Waals surface area contributed by atoms with Gasteiger partial charge in [-0.1, -0.05) is 13.8 Å². The summed E-state index contributed by atoms with van der Waals surface area (Å²) in [7, 11) is 0. The van der Waals surface area contributed by atoms with Gasteiger partial charge in [-0.3, -0.25) is 9.48 Å². The first kappa shape index (κ1) is 18.4. The van der Waals surface area contributed by atoms with Crippen LogP contribution in [0, 0.1) is 11.8 Å². The largest absolute Gasteiger partial charge is 0.370 e. The second-order valence-corrected chi connectivity index (χ2v) is 7.50. The molecule has 1 saturated heterocycles. The summed E-state index contributed by atoms with van der Waals surface area (Å²) < 4.78 is 1.98. The molecule has 3 heterocycles. The summed E-state index contributed by atoms with van der Waals surface area (Å²) in [4.78, 5) is 19.0. The van der Waals surface area contributed by atoms with E-state index in [1.54, 1.807) is 6.20 Å². The van der Waals surface area contributed by atoms with Crippen LogP contribution in [-0.2, 0) is 6.54 Å². The summed E-state index contributed by atoms with van der Waals surface area (Å²) in [5.74, 6) is 2.16. The molecule has 1 amide bonds. The lowest BCUT2D eigenvalue weighted by Gasteiger charge is -2.32. The van der Waals surface area contributed by atoms with Crippen LogP contribution in [0.4, 0.5) is 5.82 Å². The molecular weight excluding hydrogens is 326 g/mol. The molecule has 2 aromatic heterocycles. The van der Waals surface area contributed by atoms with E-state index >= 15 is 0 Å². The van der Waals surface area contributed by atoms with Gasteiger partial charge in [0.2, 0.25) is 0 Å². The van der Waals surface area contributed by atoms with Crippen molar-refractivity contribution in [3.63, 3.8) is 0 Å². The van der Waals surface area contributed by atoms with Crippen molar-refractivity contribution in [2.24, 2.45) is 11.8 Å². The number of aromatic nitrogens is 3. The van der Waals surface area contributed by atoms with Crippen molar-refractivity contribution in [1.82, 2.24) is 19.7 Å². The number of hydrogen-bond acceptors (Lipinski definition) is 4. The van der Waals surface area contributed by atoms with E-state index in [2.05, 4.69) is 29.2 Å². The Labute approximate surface area is 155 Å². The van der Waals surface area contributed by atoms with Gasteiger partial charge >= 0.3 is 0 Å². The van der Waals surface area contributed by atoms with Crippen LogP contribution < -0.4 is 5.32 Å². The molecule has 0 unspecified atom stereocenters. The fourth-order valence-corrected chi connectivity index (χ4v) is 3.29. The Bertz CT molecular complexity index is 673. The lowest BCUT2D eigenvalue weighted by atomic mass is 9.93. The van der Waals surface area contributed by atoms with Gasteiger partial charge in [0.1, 0.15) is 5.82 Å². The predicted molar refractivity (Wildman–Crippen MR) is 103 cm³/mol. The summed E-state index contributed by atoms with van der Waals surface area (Å²) >= 11 is 0. The molecule has 0 bridgehead atoms. The van der Waals surface area contributed by atoms with Gasteiger partial charge in [-0.15, -0.1) is 0 Å². The van der Waals surface area contributed by atoms with Crippen LogP contribution in [-0.4, -0.2) is 45.2 Å². The SMILES string of the molecule is CC(C)CNc1ccc(C(=O)N2CCC(CCn3cccn3)CC2)cn1.